The largest absolute Gasteiger partial charge is 0.463 e. The number of aromatic amines is 1. The molecule has 1 aliphatic rings. The Bertz CT molecular complexity index is 1210. The van der Waals surface area contributed by atoms with E-state index in [1.54, 1.807) is 44.2 Å². The van der Waals surface area contributed by atoms with Crippen LogP contribution in [0.25, 0.3) is 0 Å². The van der Waals surface area contributed by atoms with Gasteiger partial charge in [-0.2, -0.15) is 0 Å². The standard InChI is InChI=1S/C23H31N2O10P/c1-13(2)33-22(29)15(4)12-36(31,35-16-8-6-5-7-9-16)32-11-17-18(26)19(27)21(34-17)25-10-14(3)20(28)24-23(25)30/h5-10,13,15,17-19,21,26-27H,11-12H2,1-4H3,(H,24,28,30)/t15-,17+,18?,19-,21+,36+/m1/s1. The van der Waals surface area contributed by atoms with Gasteiger partial charge < -0.3 is 24.2 Å². The fourth-order valence-corrected chi connectivity index (χ4v) is 5.45. The van der Waals surface area contributed by atoms with E-state index in [1.807, 2.05) is 0 Å². The summed E-state index contributed by atoms with van der Waals surface area (Å²) in [6.45, 7) is 5.90. The van der Waals surface area contributed by atoms with Crippen LogP contribution in [0.4, 0.5) is 0 Å². The molecule has 36 heavy (non-hydrogen) atoms. The van der Waals surface area contributed by atoms with E-state index in [2.05, 4.69) is 4.98 Å². The number of aliphatic hydroxyl groups excluding tert-OH is 2. The summed E-state index contributed by atoms with van der Waals surface area (Å²) in [6.07, 6.45) is -5.06. The Morgan fingerprint density at radius 1 is 1.17 bits per heavy atom. The summed E-state index contributed by atoms with van der Waals surface area (Å²) in [4.78, 5) is 38.3. The highest BCUT2D eigenvalue weighted by atomic mass is 31.2. The van der Waals surface area contributed by atoms with E-state index in [4.69, 9.17) is 18.5 Å². The normalized spacial score (nSPS) is 24.3. The number of rotatable bonds is 10. The average Bonchev–Trinajstić information content (AvgIpc) is 3.08. The molecule has 0 amide bonds. The summed E-state index contributed by atoms with van der Waals surface area (Å²) >= 11 is 0. The van der Waals surface area contributed by atoms with Crippen molar-refractivity contribution in [1.29, 1.82) is 0 Å². The van der Waals surface area contributed by atoms with Crippen molar-refractivity contribution in [3.63, 3.8) is 0 Å². The number of nitrogens with one attached hydrogen (secondary N) is 1. The SMILES string of the molecule is Cc1cn([C@H]2O[C@@H](CO[P@@](=O)(C[C@@H](C)C(=O)OC(C)C)Oc3ccccc3)C(O)[C@H]2O)c(=O)[nH]c1=O. The van der Waals surface area contributed by atoms with Gasteiger partial charge in [-0.25, -0.2) is 9.36 Å². The second-order valence-corrected chi connectivity index (χ2v) is 10.9. The predicted molar refractivity (Wildman–Crippen MR) is 128 cm³/mol. The molecule has 3 N–H and O–H groups in total. The Balaban J connectivity index is 1.77. The number of nitrogens with zero attached hydrogens (tertiary/aromatic N) is 1. The summed E-state index contributed by atoms with van der Waals surface area (Å²) in [5, 5.41) is 21.0. The summed E-state index contributed by atoms with van der Waals surface area (Å²) in [5.41, 5.74) is -1.23. The number of H-pyrrole nitrogens is 1. The number of para-hydroxylation sites is 1. The monoisotopic (exact) mass is 526 g/mol. The number of hydrogen-bond donors (Lipinski definition) is 3. The molecule has 2 heterocycles. The third-order valence-electron chi connectivity index (χ3n) is 5.43. The average molecular weight is 526 g/mol. The Morgan fingerprint density at radius 2 is 1.83 bits per heavy atom. The van der Waals surface area contributed by atoms with Crippen LogP contribution < -0.4 is 15.8 Å². The molecule has 0 bridgehead atoms. The van der Waals surface area contributed by atoms with Crippen molar-refractivity contribution in [2.24, 2.45) is 5.92 Å². The highest BCUT2D eigenvalue weighted by molar-refractivity contribution is 7.54. The maximum absolute atomic E-state index is 13.7. The van der Waals surface area contributed by atoms with Crippen LogP contribution in [0.15, 0.2) is 46.1 Å². The number of ether oxygens (including phenoxy) is 2. The van der Waals surface area contributed by atoms with Gasteiger partial charge in [0.2, 0.25) is 0 Å². The Kier molecular flexibility index (Phi) is 8.91. The number of esters is 1. The molecule has 1 aromatic carbocycles. The van der Waals surface area contributed by atoms with E-state index < -0.39 is 61.9 Å². The first kappa shape index (κ1) is 27.8. The number of benzene rings is 1. The van der Waals surface area contributed by atoms with Crippen LogP contribution in [0, 0.1) is 12.8 Å². The molecule has 13 heteroatoms. The third-order valence-corrected chi connectivity index (χ3v) is 7.46. The van der Waals surface area contributed by atoms with Crippen LogP contribution in [0.3, 0.4) is 0 Å². The van der Waals surface area contributed by atoms with Crippen molar-refractivity contribution >= 4 is 13.6 Å². The number of carbonyl (C=O) groups is 1. The minimum absolute atomic E-state index is 0.197. The van der Waals surface area contributed by atoms with Crippen molar-refractivity contribution in [3.8, 4) is 5.75 Å². The van der Waals surface area contributed by atoms with Gasteiger partial charge >= 0.3 is 19.3 Å². The van der Waals surface area contributed by atoms with Gasteiger partial charge in [0.25, 0.3) is 5.56 Å². The molecular formula is C23H31N2O10P. The van der Waals surface area contributed by atoms with Crippen LogP contribution in [0.5, 0.6) is 5.75 Å². The highest BCUT2D eigenvalue weighted by Gasteiger charge is 2.46. The van der Waals surface area contributed by atoms with Crippen molar-refractivity contribution in [2.45, 2.75) is 58.3 Å². The van der Waals surface area contributed by atoms with E-state index in [1.165, 1.54) is 20.0 Å². The number of hydrogen-bond acceptors (Lipinski definition) is 10. The zero-order chi connectivity index (χ0) is 26.6. The summed E-state index contributed by atoms with van der Waals surface area (Å²) in [7, 11) is -4.00. The third kappa shape index (κ3) is 6.71. The first-order valence-corrected chi connectivity index (χ1v) is 13.2. The Hall–Kier alpha value is -2.76. The van der Waals surface area contributed by atoms with Gasteiger partial charge in [-0.05, 0) is 32.9 Å². The molecule has 12 nitrogen and oxygen atoms in total. The molecule has 0 aliphatic carbocycles. The van der Waals surface area contributed by atoms with Gasteiger partial charge in [-0.1, -0.05) is 25.1 Å². The quantitative estimate of drug-likeness (QED) is 0.304. The molecule has 1 fully saturated rings. The lowest BCUT2D eigenvalue weighted by atomic mass is 10.1. The summed E-state index contributed by atoms with van der Waals surface area (Å²) < 4.78 is 36.7. The molecule has 0 spiro atoms. The van der Waals surface area contributed by atoms with Gasteiger partial charge in [0.1, 0.15) is 24.1 Å². The maximum atomic E-state index is 13.7. The second kappa shape index (κ2) is 11.5. The van der Waals surface area contributed by atoms with Crippen molar-refractivity contribution in [3.05, 3.63) is 62.9 Å². The van der Waals surface area contributed by atoms with Crippen LogP contribution in [0.1, 0.15) is 32.6 Å². The number of carbonyl (C=O) groups excluding carboxylic acids is 1. The fraction of sp³-hybridized carbons (Fsp3) is 0.522. The lowest BCUT2D eigenvalue weighted by Crippen LogP contribution is -2.38. The molecule has 1 aliphatic heterocycles. The minimum Gasteiger partial charge on any atom is -0.463 e. The first-order valence-electron chi connectivity index (χ1n) is 11.4. The van der Waals surface area contributed by atoms with E-state index in [-0.39, 0.29) is 23.6 Å². The topological polar surface area (TPSA) is 166 Å². The van der Waals surface area contributed by atoms with E-state index in [0.717, 1.165) is 4.57 Å². The van der Waals surface area contributed by atoms with Crippen LogP contribution >= 0.6 is 7.60 Å². The van der Waals surface area contributed by atoms with Crippen LogP contribution in [-0.2, 0) is 23.4 Å². The van der Waals surface area contributed by atoms with Crippen molar-refractivity contribution < 1.29 is 38.1 Å². The molecule has 0 saturated carbocycles. The van der Waals surface area contributed by atoms with E-state index in [0.29, 0.717) is 0 Å². The minimum atomic E-state index is -4.00. The molecule has 1 saturated heterocycles. The van der Waals surface area contributed by atoms with E-state index in [9.17, 15) is 29.2 Å². The number of aromatic nitrogens is 2. The van der Waals surface area contributed by atoms with Gasteiger partial charge in [-0.15, -0.1) is 0 Å². The van der Waals surface area contributed by atoms with Gasteiger partial charge in [0.05, 0.1) is 24.8 Å². The van der Waals surface area contributed by atoms with Gasteiger partial charge in [0, 0.05) is 11.8 Å². The molecule has 1 aromatic heterocycles. The molecule has 2 aromatic rings. The number of aryl methyl sites for hydroxylation is 1. The fourth-order valence-electron chi connectivity index (χ4n) is 3.58. The second-order valence-electron chi connectivity index (χ2n) is 8.91. The Labute approximate surface area is 207 Å². The first-order chi connectivity index (χ1) is 16.9. The molecule has 198 valence electrons. The zero-order valence-electron chi connectivity index (χ0n) is 20.4. The zero-order valence-corrected chi connectivity index (χ0v) is 21.3. The highest BCUT2D eigenvalue weighted by Crippen LogP contribution is 2.50. The lowest BCUT2D eigenvalue weighted by Gasteiger charge is -2.24. The molecule has 3 rings (SSSR count). The van der Waals surface area contributed by atoms with Crippen molar-refractivity contribution in [2.75, 3.05) is 12.8 Å². The predicted octanol–water partition coefficient (Wildman–Crippen LogP) is 1.34. The number of aliphatic hydroxyl groups is 2. The molecule has 0 radical (unpaired) electrons. The summed E-state index contributed by atoms with van der Waals surface area (Å²) in [6, 6.07) is 8.22. The van der Waals surface area contributed by atoms with Crippen molar-refractivity contribution in [1.82, 2.24) is 9.55 Å². The maximum Gasteiger partial charge on any atom is 0.380 e. The van der Waals surface area contributed by atoms with Gasteiger partial charge in [0.15, 0.2) is 6.23 Å². The van der Waals surface area contributed by atoms with Crippen LogP contribution in [-0.4, -0.2) is 62.9 Å². The van der Waals surface area contributed by atoms with Gasteiger partial charge in [-0.3, -0.25) is 23.7 Å². The molecule has 1 unspecified atom stereocenters. The smallest absolute Gasteiger partial charge is 0.380 e. The summed E-state index contributed by atoms with van der Waals surface area (Å²) in [5.74, 6) is -1.17. The van der Waals surface area contributed by atoms with Crippen LogP contribution in [0.2, 0.25) is 0 Å². The van der Waals surface area contributed by atoms with E-state index >= 15 is 0 Å². The molecular weight excluding hydrogens is 495 g/mol. The Morgan fingerprint density at radius 3 is 2.47 bits per heavy atom. The lowest BCUT2D eigenvalue weighted by molar-refractivity contribution is -0.151. The molecule has 6 atom stereocenters.